The molecule has 0 radical (unpaired) electrons. The van der Waals surface area contributed by atoms with Crippen LogP contribution in [0.3, 0.4) is 0 Å². The van der Waals surface area contributed by atoms with Crippen LogP contribution in [0.5, 0.6) is 0 Å². The summed E-state index contributed by atoms with van der Waals surface area (Å²) >= 11 is 0. The van der Waals surface area contributed by atoms with Crippen LogP contribution in [0, 0.1) is 0 Å². The smallest absolute Gasteiger partial charge is 0.0654 e. The quantitative estimate of drug-likeness (QED) is 0.582. The van der Waals surface area contributed by atoms with Gasteiger partial charge in [0.25, 0.3) is 0 Å². The molecule has 0 fully saturated rings. The second kappa shape index (κ2) is 8.05. The second-order valence-electron chi connectivity index (χ2n) is 4.15. The van der Waals surface area contributed by atoms with Crippen molar-refractivity contribution in [3.63, 3.8) is 0 Å². The van der Waals surface area contributed by atoms with E-state index in [-0.39, 0.29) is 5.54 Å². The number of nitrogens with two attached hydrogens (primary N) is 1. The summed E-state index contributed by atoms with van der Waals surface area (Å²) in [6.07, 6.45) is 0. The van der Waals surface area contributed by atoms with E-state index < -0.39 is 0 Å². The molecule has 0 aliphatic carbocycles. The lowest BCUT2D eigenvalue weighted by Gasteiger charge is -2.30. The van der Waals surface area contributed by atoms with Gasteiger partial charge in [0, 0.05) is 26.7 Å². The normalized spacial score (nSPS) is 15.6. The summed E-state index contributed by atoms with van der Waals surface area (Å²) in [5, 5.41) is 3.45. The Bertz CT molecular complexity index is 151. The highest BCUT2D eigenvalue weighted by molar-refractivity contribution is 4.84. The van der Waals surface area contributed by atoms with Crippen molar-refractivity contribution < 1.29 is 4.74 Å². The Balaban J connectivity index is 3.80. The maximum Gasteiger partial charge on any atom is 0.0654 e. The zero-order valence-corrected chi connectivity index (χ0v) is 10.7. The van der Waals surface area contributed by atoms with E-state index in [0.29, 0.717) is 13.2 Å². The molecule has 92 valence electrons. The molecule has 0 amide bonds. The first-order valence-electron chi connectivity index (χ1n) is 5.78. The number of ether oxygens (including phenoxy) is 1. The lowest BCUT2D eigenvalue weighted by molar-refractivity contribution is 0.120. The van der Waals surface area contributed by atoms with Gasteiger partial charge in [0.2, 0.25) is 0 Å². The van der Waals surface area contributed by atoms with E-state index in [1.807, 2.05) is 0 Å². The Labute approximate surface area is 94.2 Å². The molecule has 0 saturated carbocycles. The van der Waals surface area contributed by atoms with Gasteiger partial charge in [-0.1, -0.05) is 13.8 Å². The van der Waals surface area contributed by atoms with Crippen LogP contribution in [0.2, 0.25) is 0 Å². The van der Waals surface area contributed by atoms with Crippen LogP contribution in [0.1, 0.15) is 20.8 Å². The van der Waals surface area contributed by atoms with Gasteiger partial charge >= 0.3 is 0 Å². The molecule has 1 unspecified atom stereocenters. The molecule has 0 aromatic rings. The summed E-state index contributed by atoms with van der Waals surface area (Å²) in [7, 11) is 1.71. The molecule has 4 heteroatoms. The van der Waals surface area contributed by atoms with Crippen LogP contribution in [0.25, 0.3) is 0 Å². The summed E-state index contributed by atoms with van der Waals surface area (Å²) in [5.41, 5.74) is 5.62. The molecule has 0 saturated heterocycles. The van der Waals surface area contributed by atoms with Gasteiger partial charge in [0.15, 0.2) is 0 Å². The van der Waals surface area contributed by atoms with E-state index in [1.54, 1.807) is 7.11 Å². The van der Waals surface area contributed by atoms with Crippen molar-refractivity contribution in [2.24, 2.45) is 5.73 Å². The maximum atomic E-state index is 5.72. The molecule has 3 N–H and O–H groups in total. The van der Waals surface area contributed by atoms with Crippen LogP contribution in [0.4, 0.5) is 0 Å². The van der Waals surface area contributed by atoms with Crippen molar-refractivity contribution in [2.75, 3.05) is 46.4 Å². The lowest BCUT2D eigenvalue weighted by atomic mass is 10.0. The fourth-order valence-electron chi connectivity index (χ4n) is 1.56. The average Bonchev–Trinajstić information content (AvgIpc) is 2.25. The van der Waals surface area contributed by atoms with Crippen LogP contribution in [-0.4, -0.2) is 56.9 Å². The van der Waals surface area contributed by atoms with E-state index in [2.05, 4.69) is 31.0 Å². The minimum absolute atomic E-state index is 0.0953. The Morgan fingerprint density at radius 1 is 1.33 bits per heavy atom. The summed E-state index contributed by atoms with van der Waals surface area (Å²) in [6.45, 7) is 11.9. The molecule has 4 nitrogen and oxygen atoms in total. The summed E-state index contributed by atoms with van der Waals surface area (Å²) in [5.74, 6) is 0. The number of nitrogens with one attached hydrogen (secondary N) is 1. The molecule has 0 rings (SSSR count). The van der Waals surface area contributed by atoms with Gasteiger partial charge in [-0.3, -0.25) is 0 Å². The van der Waals surface area contributed by atoms with E-state index in [0.717, 1.165) is 26.2 Å². The molecule has 15 heavy (non-hydrogen) atoms. The molecular weight excluding hydrogens is 190 g/mol. The molecule has 0 aromatic heterocycles. The highest BCUT2D eigenvalue weighted by atomic mass is 16.5. The van der Waals surface area contributed by atoms with Crippen LogP contribution in [-0.2, 0) is 4.74 Å². The molecule has 0 aliphatic heterocycles. The Hall–Kier alpha value is -0.160. The number of hydrogen-bond donors (Lipinski definition) is 2. The van der Waals surface area contributed by atoms with Gasteiger partial charge in [-0.2, -0.15) is 0 Å². The highest BCUT2D eigenvalue weighted by Crippen LogP contribution is 2.01. The van der Waals surface area contributed by atoms with Gasteiger partial charge in [0.05, 0.1) is 12.1 Å². The molecule has 1 atom stereocenters. The molecular formula is C11H27N3O. The van der Waals surface area contributed by atoms with Crippen molar-refractivity contribution in [2.45, 2.75) is 26.3 Å². The van der Waals surface area contributed by atoms with Crippen LogP contribution in [0.15, 0.2) is 0 Å². The average molecular weight is 217 g/mol. The van der Waals surface area contributed by atoms with Crippen molar-refractivity contribution in [1.29, 1.82) is 0 Å². The van der Waals surface area contributed by atoms with Gasteiger partial charge in [-0.15, -0.1) is 0 Å². The third-order valence-corrected chi connectivity index (χ3v) is 2.79. The van der Waals surface area contributed by atoms with Crippen LogP contribution < -0.4 is 11.1 Å². The van der Waals surface area contributed by atoms with Gasteiger partial charge < -0.3 is 20.7 Å². The minimum Gasteiger partial charge on any atom is -0.383 e. The fourth-order valence-corrected chi connectivity index (χ4v) is 1.56. The van der Waals surface area contributed by atoms with Gasteiger partial charge in [-0.05, 0) is 20.0 Å². The fraction of sp³-hybridized carbons (Fsp3) is 1.00. The Morgan fingerprint density at radius 2 is 1.93 bits per heavy atom. The van der Waals surface area contributed by atoms with Crippen molar-refractivity contribution in [1.82, 2.24) is 10.2 Å². The van der Waals surface area contributed by atoms with E-state index >= 15 is 0 Å². The maximum absolute atomic E-state index is 5.72. The predicted molar refractivity (Wildman–Crippen MR) is 65.1 cm³/mol. The second-order valence-corrected chi connectivity index (χ2v) is 4.15. The number of likely N-dealkylation sites (N-methyl/N-ethyl adjacent to an activating group) is 1. The lowest BCUT2D eigenvalue weighted by Crippen LogP contribution is -2.53. The van der Waals surface area contributed by atoms with Crippen LogP contribution >= 0.6 is 0 Å². The standard InChI is InChI=1S/C11H27N3O/c1-5-14(6-2)8-7-13-11(3,9-12)10-15-4/h13H,5-10,12H2,1-4H3. The Morgan fingerprint density at radius 3 is 2.33 bits per heavy atom. The minimum atomic E-state index is -0.0953. The number of nitrogens with zero attached hydrogens (tertiary/aromatic N) is 1. The van der Waals surface area contributed by atoms with E-state index in [9.17, 15) is 0 Å². The summed E-state index contributed by atoms with van der Waals surface area (Å²) < 4.78 is 5.15. The molecule has 0 heterocycles. The summed E-state index contributed by atoms with van der Waals surface area (Å²) in [6, 6.07) is 0. The summed E-state index contributed by atoms with van der Waals surface area (Å²) in [4.78, 5) is 2.39. The van der Waals surface area contributed by atoms with Gasteiger partial charge in [0.1, 0.15) is 0 Å². The highest BCUT2D eigenvalue weighted by Gasteiger charge is 2.21. The number of rotatable bonds is 9. The zero-order valence-electron chi connectivity index (χ0n) is 10.7. The monoisotopic (exact) mass is 217 g/mol. The third kappa shape index (κ3) is 6.10. The first-order valence-corrected chi connectivity index (χ1v) is 5.78. The Kier molecular flexibility index (Phi) is 7.96. The zero-order chi connectivity index (χ0) is 11.7. The molecule has 0 aliphatic rings. The van der Waals surface area contributed by atoms with E-state index in [1.165, 1.54) is 0 Å². The first kappa shape index (κ1) is 14.8. The van der Waals surface area contributed by atoms with E-state index in [4.69, 9.17) is 10.5 Å². The topological polar surface area (TPSA) is 50.5 Å². The number of methoxy groups -OCH3 is 1. The third-order valence-electron chi connectivity index (χ3n) is 2.79. The predicted octanol–water partition coefficient (Wildman–Crippen LogP) is 0.282. The molecule has 0 spiro atoms. The van der Waals surface area contributed by atoms with Gasteiger partial charge in [-0.25, -0.2) is 0 Å². The van der Waals surface area contributed by atoms with Crippen molar-refractivity contribution in [3.05, 3.63) is 0 Å². The first-order chi connectivity index (χ1) is 7.11. The molecule has 0 bridgehead atoms. The number of hydrogen-bond acceptors (Lipinski definition) is 4. The van der Waals surface area contributed by atoms with Crippen molar-refractivity contribution >= 4 is 0 Å². The largest absolute Gasteiger partial charge is 0.383 e. The molecule has 0 aromatic carbocycles. The van der Waals surface area contributed by atoms with Crippen molar-refractivity contribution in [3.8, 4) is 0 Å². The SMILES string of the molecule is CCN(CC)CCNC(C)(CN)COC.